The minimum absolute atomic E-state index is 0.00486. The van der Waals surface area contributed by atoms with Gasteiger partial charge >= 0.3 is 0 Å². The monoisotopic (exact) mass is 716 g/mol. The van der Waals surface area contributed by atoms with Gasteiger partial charge in [-0.1, -0.05) is 63.9 Å². The fourth-order valence-electron chi connectivity index (χ4n) is 5.60. The standard InChI is InChI=1S/C36H46F2N4O7S/c1-4-10-29(11-5-2)50(48,49)22-31(42-35(46)26-14-9-15-39-21-26)36(47)41-30(18-25-16-27(37)19-28(38)17-25)33(44)32(43)23(3)34(45)40-20-24-12-7-6-8-13-24/h6-9,12-17,19,21,23,29-33,43-44H,4-5,10-11,18,20,22H2,1-3H3,(H,40,45)(H,41,47)(H,42,46)/t23-,30+,31?,32-,33-/m1/s1. The molecule has 1 unspecified atom stereocenters. The Kier molecular flexibility index (Phi) is 15.4. The topological polar surface area (TPSA) is 175 Å². The molecule has 0 radical (unpaired) electrons. The fourth-order valence-corrected chi connectivity index (χ4v) is 7.76. The number of nitrogens with zero attached hydrogens (tertiary/aromatic N) is 1. The molecule has 0 bridgehead atoms. The summed E-state index contributed by atoms with van der Waals surface area (Å²) in [5.41, 5.74) is 0.837. The highest BCUT2D eigenvalue weighted by molar-refractivity contribution is 7.92. The number of carbonyl (C=O) groups excluding carboxylic acids is 3. The second-order valence-corrected chi connectivity index (χ2v) is 14.7. The van der Waals surface area contributed by atoms with Crippen LogP contribution >= 0.6 is 0 Å². The van der Waals surface area contributed by atoms with E-state index in [0.29, 0.717) is 31.7 Å². The summed E-state index contributed by atoms with van der Waals surface area (Å²) in [6, 6.07) is 11.3. The highest BCUT2D eigenvalue weighted by Gasteiger charge is 2.38. The third kappa shape index (κ3) is 12.0. The lowest BCUT2D eigenvalue weighted by Gasteiger charge is -2.32. The lowest BCUT2D eigenvalue weighted by atomic mass is 9.90. The van der Waals surface area contributed by atoms with Crippen molar-refractivity contribution < 1.29 is 41.8 Å². The summed E-state index contributed by atoms with van der Waals surface area (Å²) in [6.45, 7) is 5.17. The maximum Gasteiger partial charge on any atom is 0.253 e. The fraction of sp³-hybridized carbons (Fsp3) is 0.444. The number of pyridine rings is 1. The van der Waals surface area contributed by atoms with E-state index in [9.17, 15) is 41.8 Å². The van der Waals surface area contributed by atoms with Crippen LogP contribution < -0.4 is 16.0 Å². The number of amides is 3. The largest absolute Gasteiger partial charge is 0.390 e. The summed E-state index contributed by atoms with van der Waals surface area (Å²) in [4.78, 5) is 43.9. The molecule has 272 valence electrons. The van der Waals surface area contributed by atoms with Gasteiger partial charge < -0.3 is 26.2 Å². The van der Waals surface area contributed by atoms with Crippen LogP contribution in [-0.4, -0.2) is 76.6 Å². The third-order valence-corrected chi connectivity index (χ3v) is 10.7. The molecule has 0 aliphatic heterocycles. The lowest BCUT2D eigenvalue weighted by molar-refractivity contribution is -0.133. The van der Waals surface area contributed by atoms with E-state index < -0.39 is 86.8 Å². The Morgan fingerprint density at radius 3 is 2.06 bits per heavy atom. The maximum absolute atomic E-state index is 14.2. The van der Waals surface area contributed by atoms with E-state index in [2.05, 4.69) is 20.9 Å². The van der Waals surface area contributed by atoms with E-state index in [1.54, 1.807) is 24.3 Å². The van der Waals surface area contributed by atoms with E-state index >= 15 is 0 Å². The highest BCUT2D eigenvalue weighted by atomic mass is 32.2. The molecule has 3 rings (SSSR count). The molecule has 0 fully saturated rings. The van der Waals surface area contributed by atoms with Crippen molar-refractivity contribution in [2.24, 2.45) is 5.92 Å². The molecule has 0 saturated heterocycles. The third-order valence-electron chi connectivity index (χ3n) is 8.38. The molecule has 50 heavy (non-hydrogen) atoms. The van der Waals surface area contributed by atoms with Crippen molar-refractivity contribution >= 4 is 27.6 Å². The normalized spacial score (nSPS) is 14.6. The van der Waals surface area contributed by atoms with E-state index in [1.165, 1.54) is 31.5 Å². The number of sulfone groups is 1. The first kappa shape index (κ1) is 40.2. The van der Waals surface area contributed by atoms with Gasteiger partial charge in [-0.25, -0.2) is 17.2 Å². The van der Waals surface area contributed by atoms with Gasteiger partial charge in [0.05, 0.1) is 34.6 Å². The molecule has 3 amide bonds. The average molecular weight is 717 g/mol. The summed E-state index contributed by atoms with van der Waals surface area (Å²) in [6.07, 6.45) is 0.367. The Hall–Kier alpha value is -4.27. The number of hydrogen-bond donors (Lipinski definition) is 5. The van der Waals surface area contributed by atoms with Crippen molar-refractivity contribution in [1.29, 1.82) is 0 Å². The van der Waals surface area contributed by atoms with Gasteiger partial charge in [-0.15, -0.1) is 0 Å². The van der Waals surface area contributed by atoms with Crippen molar-refractivity contribution in [2.75, 3.05) is 5.75 Å². The highest BCUT2D eigenvalue weighted by Crippen LogP contribution is 2.20. The van der Waals surface area contributed by atoms with Crippen LogP contribution in [0.4, 0.5) is 8.78 Å². The Bertz CT molecular complexity index is 1640. The molecule has 11 nitrogen and oxygen atoms in total. The van der Waals surface area contributed by atoms with E-state index in [1.807, 2.05) is 19.9 Å². The van der Waals surface area contributed by atoms with Gasteiger partial charge in [-0.2, -0.15) is 0 Å². The molecule has 14 heteroatoms. The minimum atomic E-state index is -3.97. The molecular weight excluding hydrogens is 670 g/mol. The van der Waals surface area contributed by atoms with E-state index in [-0.39, 0.29) is 17.7 Å². The molecule has 2 aromatic carbocycles. The SMILES string of the molecule is CCCC(CCC)S(=O)(=O)CC(NC(=O)c1cccnc1)C(=O)N[C@@H](Cc1cc(F)cc(F)c1)[C@@H](O)[C@H](O)[C@@H](C)C(=O)NCc1ccccc1. The first-order valence-corrected chi connectivity index (χ1v) is 18.3. The molecule has 0 spiro atoms. The van der Waals surface area contributed by atoms with Gasteiger partial charge in [0.25, 0.3) is 5.91 Å². The molecule has 5 N–H and O–H groups in total. The van der Waals surface area contributed by atoms with E-state index in [4.69, 9.17) is 0 Å². The Balaban J connectivity index is 1.92. The average Bonchev–Trinajstić information content (AvgIpc) is 3.09. The Morgan fingerprint density at radius 1 is 0.840 bits per heavy atom. The van der Waals surface area contributed by atoms with Crippen molar-refractivity contribution in [3.8, 4) is 0 Å². The molecule has 3 aromatic rings. The van der Waals surface area contributed by atoms with Crippen LogP contribution in [0.25, 0.3) is 0 Å². The quantitative estimate of drug-likeness (QED) is 0.126. The zero-order chi connectivity index (χ0) is 36.8. The zero-order valence-electron chi connectivity index (χ0n) is 28.4. The minimum Gasteiger partial charge on any atom is -0.390 e. The molecule has 5 atom stereocenters. The van der Waals surface area contributed by atoms with Crippen LogP contribution in [0.15, 0.2) is 73.1 Å². The predicted octanol–water partition coefficient (Wildman–Crippen LogP) is 3.24. The Labute approximate surface area is 291 Å². The number of hydrogen-bond acceptors (Lipinski definition) is 8. The van der Waals surface area contributed by atoms with Crippen LogP contribution in [0.3, 0.4) is 0 Å². The van der Waals surface area contributed by atoms with E-state index in [0.717, 1.165) is 17.7 Å². The van der Waals surface area contributed by atoms with Gasteiger partial charge in [0.15, 0.2) is 9.84 Å². The van der Waals surface area contributed by atoms with Crippen molar-refractivity contribution in [2.45, 2.75) is 89.0 Å². The summed E-state index contributed by atoms with van der Waals surface area (Å²) in [7, 11) is -3.97. The first-order valence-electron chi connectivity index (χ1n) is 16.6. The predicted molar refractivity (Wildman–Crippen MR) is 184 cm³/mol. The second-order valence-electron chi connectivity index (χ2n) is 12.4. The number of halogens is 2. The van der Waals surface area contributed by atoms with Gasteiger partial charge in [0, 0.05) is 25.0 Å². The van der Waals surface area contributed by atoms with Gasteiger partial charge in [0.1, 0.15) is 23.8 Å². The van der Waals surface area contributed by atoms with Crippen LogP contribution in [0.2, 0.25) is 0 Å². The van der Waals surface area contributed by atoms with Crippen LogP contribution in [0.1, 0.15) is 67.9 Å². The van der Waals surface area contributed by atoms with Crippen molar-refractivity contribution in [1.82, 2.24) is 20.9 Å². The number of aliphatic hydroxyl groups is 2. The number of carbonyl (C=O) groups is 3. The van der Waals surface area contributed by atoms with Crippen LogP contribution in [0, 0.1) is 17.6 Å². The van der Waals surface area contributed by atoms with Gasteiger partial charge in [-0.3, -0.25) is 19.4 Å². The molecule has 0 aliphatic rings. The van der Waals surface area contributed by atoms with Crippen LogP contribution in [0.5, 0.6) is 0 Å². The summed E-state index contributed by atoms with van der Waals surface area (Å²) in [5, 5.41) is 29.4. The molecule has 0 aliphatic carbocycles. The molecule has 1 heterocycles. The van der Waals surface area contributed by atoms with Gasteiger partial charge in [0.2, 0.25) is 11.8 Å². The summed E-state index contributed by atoms with van der Waals surface area (Å²) in [5.74, 6) is -6.31. The summed E-state index contributed by atoms with van der Waals surface area (Å²) >= 11 is 0. The van der Waals surface area contributed by atoms with Gasteiger partial charge in [-0.05, 0) is 54.7 Å². The molecular formula is C36H46F2N4O7S. The summed E-state index contributed by atoms with van der Waals surface area (Å²) < 4.78 is 55.5. The number of rotatable bonds is 19. The zero-order valence-corrected chi connectivity index (χ0v) is 29.2. The number of aromatic nitrogens is 1. The number of benzene rings is 2. The maximum atomic E-state index is 14.2. The second kappa shape index (κ2) is 19.2. The lowest BCUT2D eigenvalue weighted by Crippen LogP contribution is -2.58. The Morgan fingerprint density at radius 2 is 1.48 bits per heavy atom. The van der Waals surface area contributed by atoms with Crippen molar-refractivity contribution in [3.63, 3.8) is 0 Å². The number of aliphatic hydroxyl groups excluding tert-OH is 2. The smallest absolute Gasteiger partial charge is 0.253 e. The molecule has 1 aromatic heterocycles. The van der Waals surface area contributed by atoms with Crippen LogP contribution in [-0.2, 0) is 32.4 Å². The number of nitrogens with one attached hydrogen (secondary N) is 3. The first-order chi connectivity index (χ1) is 23.7. The van der Waals surface area contributed by atoms with Crippen molar-refractivity contribution in [3.05, 3.63) is 101 Å². The molecule has 0 saturated carbocycles.